The number of amides is 1. The zero-order chi connectivity index (χ0) is 15.2. The molecule has 0 aliphatic carbocycles. The molecule has 3 N–H and O–H groups in total. The molecule has 6 nitrogen and oxygen atoms in total. The lowest BCUT2D eigenvalue weighted by atomic mass is 9.99. The molecule has 0 radical (unpaired) electrons. The second-order valence-electron chi connectivity index (χ2n) is 5.08. The van der Waals surface area contributed by atoms with Gasteiger partial charge in [0.15, 0.2) is 11.5 Å². The minimum absolute atomic E-state index is 0.0179. The van der Waals surface area contributed by atoms with Crippen LogP contribution in [-0.4, -0.2) is 51.2 Å². The summed E-state index contributed by atoms with van der Waals surface area (Å²) < 4.78 is 10.7. The third kappa shape index (κ3) is 3.86. The van der Waals surface area contributed by atoms with Crippen LogP contribution in [0.15, 0.2) is 12.1 Å². The van der Waals surface area contributed by atoms with Crippen LogP contribution in [0.1, 0.15) is 11.1 Å². The van der Waals surface area contributed by atoms with E-state index in [4.69, 9.17) is 15.2 Å². The van der Waals surface area contributed by atoms with Crippen molar-refractivity contribution in [3.05, 3.63) is 23.3 Å². The van der Waals surface area contributed by atoms with Gasteiger partial charge in [-0.15, -0.1) is 0 Å². The number of carbonyl (C=O) groups excluding carboxylic acids is 1. The van der Waals surface area contributed by atoms with E-state index < -0.39 is 0 Å². The monoisotopic (exact) mass is 293 g/mol. The molecule has 2 rings (SSSR count). The molecule has 1 aliphatic rings. The molecule has 0 unspecified atom stereocenters. The molecule has 0 fully saturated rings. The van der Waals surface area contributed by atoms with Crippen LogP contribution >= 0.6 is 0 Å². The van der Waals surface area contributed by atoms with E-state index in [1.807, 2.05) is 12.1 Å². The molecular formula is C15H23N3O3. The number of carbonyl (C=O) groups is 1. The van der Waals surface area contributed by atoms with Gasteiger partial charge in [0.05, 0.1) is 20.8 Å². The number of benzene rings is 1. The Morgan fingerprint density at radius 1 is 1.29 bits per heavy atom. The molecule has 1 heterocycles. The number of fused-ring (bicyclic) bond motifs is 1. The van der Waals surface area contributed by atoms with Crippen molar-refractivity contribution in [1.29, 1.82) is 0 Å². The summed E-state index contributed by atoms with van der Waals surface area (Å²) in [5.74, 6) is 1.50. The molecule has 116 valence electrons. The molecule has 21 heavy (non-hydrogen) atoms. The summed E-state index contributed by atoms with van der Waals surface area (Å²) in [6, 6.07) is 4.03. The molecule has 0 saturated carbocycles. The Bertz CT molecular complexity index is 505. The SMILES string of the molecule is COc1cc2c(cc1OC)CN(CC(=O)NCCN)CC2. The van der Waals surface area contributed by atoms with Crippen LogP contribution in [0.5, 0.6) is 11.5 Å². The Hall–Kier alpha value is -1.79. The number of methoxy groups -OCH3 is 2. The van der Waals surface area contributed by atoms with E-state index in [2.05, 4.69) is 10.2 Å². The van der Waals surface area contributed by atoms with Crippen LogP contribution in [0, 0.1) is 0 Å². The van der Waals surface area contributed by atoms with Gasteiger partial charge in [-0.2, -0.15) is 0 Å². The molecule has 0 atom stereocenters. The number of nitrogens with one attached hydrogen (secondary N) is 1. The van der Waals surface area contributed by atoms with Crippen molar-refractivity contribution in [2.75, 3.05) is 40.4 Å². The summed E-state index contributed by atoms with van der Waals surface area (Å²) in [6.07, 6.45) is 0.903. The second kappa shape index (κ2) is 7.28. The summed E-state index contributed by atoms with van der Waals surface area (Å²) in [7, 11) is 3.27. The lowest BCUT2D eigenvalue weighted by molar-refractivity contribution is -0.122. The molecule has 0 saturated heterocycles. The predicted octanol–water partition coefficient (Wildman–Crippen LogP) is 0.137. The number of hydrogen-bond donors (Lipinski definition) is 2. The average molecular weight is 293 g/mol. The zero-order valence-electron chi connectivity index (χ0n) is 12.6. The molecule has 6 heteroatoms. The Morgan fingerprint density at radius 3 is 2.57 bits per heavy atom. The van der Waals surface area contributed by atoms with Crippen LogP contribution in [0.4, 0.5) is 0 Å². The molecule has 0 spiro atoms. The van der Waals surface area contributed by atoms with Crippen LogP contribution in [-0.2, 0) is 17.8 Å². The second-order valence-corrected chi connectivity index (χ2v) is 5.08. The van der Waals surface area contributed by atoms with E-state index in [1.54, 1.807) is 14.2 Å². The van der Waals surface area contributed by atoms with Gasteiger partial charge in [-0.3, -0.25) is 9.69 Å². The van der Waals surface area contributed by atoms with Crippen LogP contribution in [0.25, 0.3) is 0 Å². The molecule has 0 aromatic heterocycles. The van der Waals surface area contributed by atoms with E-state index in [0.717, 1.165) is 31.0 Å². The number of ether oxygens (including phenoxy) is 2. The first-order valence-electron chi connectivity index (χ1n) is 7.10. The van der Waals surface area contributed by atoms with Crippen LogP contribution < -0.4 is 20.5 Å². The van der Waals surface area contributed by atoms with E-state index >= 15 is 0 Å². The number of hydrogen-bond acceptors (Lipinski definition) is 5. The third-order valence-corrected chi connectivity index (χ3v) is 3.63. The quantitative estimate of drug-likeness (QED) is 0.780. The molecular weight excluding hydrogens is 270 g/mol. The minimum Gasteiger partial charge on any atom is -0.493 e. The van der Waals surface area contributed by atoms with Gasteiger partial charge in [0.1, 0.15) is 0 Å². The topological polar surface area (TPSA) is 76.8 Å². The fourth-order valence-electron chi connectivity index (χ4n) is 2.55. The maximum Gasteiger partial charge on any atom is 0.234 e. The molecule has 1 amide bonds. The number of nitrogens with two attached hydrogens (primary N) is 1. The summed E-state index contributed by atoms with van der Waals surface area (Å²) in [6.45, 7) is 2.98. The highest BCUT2D eigenvalue weighted by Gasteiger charge is 2.20. The number of nitrogens with zero attached hydrogens (tertiary/aromatic N) is 1. The lowest BCUT2D eigenvalue weighted by Gasteiger charge is -2.29. The minimum atomic E-state index is 0.0179. The first kappa shape index (κ1) is 15.6. The van der Waals surface area contributed by atoms with Gasteiger partial charge in [0.2, 0.25) is 5.91 Å². The fourth-order valence-corrected chi connectivity index (χ4v) is 2.55. The van der Waals surface area contributed by atoms with Crippen molar-refractivity contribution in [1.82, 2.24) is 10.2 Å². The molecule has 1 aliphatic heterocycles. The van der Waals surface area contributed by atoms with Crippen LogP contribution in [0.2, 0.25) is 0 Å². The zero-order valence-corrected chi connectivity index (χ0v) is 12.6. The largest absolute Gasteiger partial charge is 0.493 e. The Kier molecular flexibility index (Phi) is 5.41. The lowest BCUT2D eigenvalue weighted by Crippen LogP contribution is -2.41. The predicted molar refractivity (Wildman–Crippen MR) is 80.6 cm³/mol. The Morgan fingerprint density at radius 2 is 1.95 bits per heavy atom. The van der Waals surface area contributed by atoms with Crippen molar-refractivity contribution in [3.63, 3.8) is 0 Å². The first-order chi connectivity index (χ1) is 10.2. The summed E-state index contributed by atoms with van der Waals surface area (Å²) >= 11 is 0. The molecule has 0 bridgehead atoms. The van der Waals surface area contributed by atoms with Gasteiger partial charge in [-0.05, 0) is 29.7 Å². The van der Waals surface area contributed by atoms with Crippen molar-refractivity contribution >= 4 is 5.91 Å². The summed E-state index contributed by atoms with van der Waals surface area (Å²) in [5.41, 5.74) is 7.82. The molecule has 1 aromatic rings. The van der Waals surface area contributed by atoms with Crippen molar-refractivity contribution in [2.24, 2.45) is 5.73 Å². The summed E-state index contributed by atoms with van der Waals surface area (Å²) in [5, 5.41) is 2.79. The van der Waals surface area contributed by atoms with Gasteiger partial charge < -0.3 is 20.5 Å². The highest BCUT2D eigenvalue weighted by atomic mass is 16.5. The third-order valence-electron chi connectivity index (χ3n) is 3.63. The summed E-state index contributed by atoms with van der Waals surface area (Å²) in [4.78, 5) is 13.9. The van der Waals surface area contributed by atoms with Gasteiger partial charge >= 0.3 is 0 Å². The maximum atomic E-state index is 11.8. The normalized spacial score (nSPS) is 14.4. The average Bonchev–Trinajstić information content (AvgIpc) is 2.51. The number of rotatable bonds is 6. The highest BCUT2D eigenvalue weighted by Crippen LogP contribution is 2.33. The smallest absolute Gasteiger partial charge is 0.234 e. The van der Waals surface area contributed by atoms with Crippen LogP contribution in [0.3, 0.4) is 0 Å². The van der Waals surface area contributed by atoms with Gasteiger partial charge in [-0.25, -0.2) is 0 Å². The van der Waals surface area contributed by atoms with E-state index in [9.17, 15) is 4.79 Å². The van der Waals surface area contributed by atoms with E-state index in [-0.39, 0.29) is 5.91 Å². The van der Waals surface area contributed by atoms with E-state index in [0.29, 0.717) is 19.6 Å². The van der Waals surface area contributed by atoms with Crippen molar-refractivity contribution in [3.8, 4) is 11.5 Å². The van der Waals surface area contributed by atoms with Crippen molar-refractivity contribution < 1.29 is 14.3 Å². The van der Waals surface area contributed by atoms with Gasteiger partial charge in [-0.1, -0.05) is 0 Å². The fraction of sp³-hybridized carbons (Fsp3) is 0.533. The Balaban J connectivity index is 2.04. The molecule has 1 aromatic carbocycles. The van der Waals surface area contributed by atoms with E-state index in [1.165, 1.54) is 11.1 Å². The standard InChI is InChI=1S/C15H23N3O3/c1-20-13-7-11-3-6-18(10-15(19)17-5-4-16)9-12(11)8-14(13)21-2/h7-8H,3-6,9-10,16H2,1-2H3,(H,17,19). The Labute approximate surface area is 125 Å². The highest BCUT2D eigenvalue weighted by molar-refractivity contribution is 5.78. The first-order valence-corrected chi connectivity index (χ1v) is 7.10. The van der Waals surface area contributed by atoms with Crippen molar-refractivity contribution in [2.45, 2.75) is 13.0 Å². The van der Waals surface area contributed by atoms with Gasteiger partial charge in [0.25, 0.3) is 0 Å². The van der Waals surface area contributed by atoms with Gasteiger partial charge in [0, 0.05) is 26.2 Å². The maximum absolute atomic E-state index is 11.8.